The summed E-state index contributed by atoms with van der Waals surface area (Å²) in [5.74, 6) is -1.44. The van der Waals surface area contributed by atoms with E-state index in [-0.39, 0.29) is 12.2 Å². The molecule has 13 heavy (non-hydrogen) atoms. The van der Waals surface area contributed by atoms with E-state index in [1.165, 1.54) is 0 Å². The van der Waals surface area contributed by atoms with Crippen LogP contribution in [0.25, 0.3) is 0 Å². The molecule has 1 aromatic rings. The summed E-state index contributed by atoms with van der Waals surface area (Å²) in [5, 5.41) is 10.5. The number of hydrogen-bond donors (Lipinski definition) is 1. The summed E-state index contributed by atoms with van der Waals surface area (Å²) >= 11 is 2.94. The molecule has 0 aliphatic rings. The average Bonchev–Trinajstić information content (AvgIpc) is 2.02. The van der Waals surface area contributed by atoms with E-state index in [1.807, 2.05) is 0 Å². The quantitative estimate of drug-likeness (QED) is 0.815. The van der Waals surface area contributed by atoms with Gasteiger partial charge in [-0.1, -0.05) is 15.9 Å². The maximum absolute atomic E-state index is 13.0. The molecule has 0 spiro atoms. The molecular formula is C8H5BrF2N2. The molecule has 0 saturated heterocycles. The van der Waals surface area contributed by atoms with Crippen LogP contribution in [0.1, 0.15) is 0 Å². The van der Waals surface area contributed by atoms with Gasteiger partial charge in [0.2, 0.25) is 0 Å². The number of halogens is 3. The minimum atomic E-state index is -0.720. The topological polar surface area (TPSA) is 35.8 Å². The molecule has 68 valence electrons. The SMILES string of the molecule is N#CCNc1c(F)cc(Br)cc1F. The summed E-state index contributed by atoms with van der Waals surface area (Å²) in [6, 6.07) is 3.98. The van der Waals surface area contributed by atoms with E-state index in [4.69, 9.17) is 5.26 Å². The molecule has 0 radical (unpaired) electrons. The van der Waals surface area contributed by atoms with E-state index in [0.29, 0.717) is 4.47 Å². The van der Waals surface area contributed by atoms with Gasteiger partial charge in [0.15, 0.2) is 0 Å². The fraction of sp³-hybridized carbons (Fsp3) is 0.125. The Labute approximate surface area is 82.3 Å². The van der Waals surface area contributed by atoms with Crippen LogP contribution >= 0.6 is 15.9 Å². The Balaban J connectivity index is 3.00. The summed E-state index contributed by atoms with van der Waals surface area (Å²) in [4.78, 5) is 0. The van der Waals surface area contributed by atoms with Crippen molar-refractivity contribution >= 4 is 21.6 Å². The summed E-state index contributed by atoms with van der Waals surface area (Å²) in [6.45, 7) is -0.129. The van der Waals surface area contributed by atoms with Crippen molar-refractivity contribution in [3.8, 4) is 6.07 Å². The van der Waals surface area contributed by atoms with Crippen LogP contribution < -0.4 is 5.32 Å². The lowest BCUT2D eigenvalue weighted by molar-refractivity contribution is 0.588. The highest BCUT2D eigenvalue weighted by atomic mass is 79.9. The van der Waals surface area contributed by atoms with E-state index < -0.39 is 11.6 Å². The molecule has 2 nitrogen and oxygen atoms in total. The van der Waals surface area contributed by atoms with Gasteiger partial charge in [0.1, 0.15) is 23.9 Å². The summed E-state index contributed by atoms with van der Waals surface area (Å²) in [5.41, 5.74) is -0.273. The van der Waals surface area contributed by atoms with Crippen molar-refractivity contribution in [2.24, 2.45) is 0 Å². The van der Waals surface area contributed by atoms with E-state index in [1.54, 1.807) is 6.07 Å². The van der Waals surface area contributed by atoms with Crippen LogP contribution in [-0.4, -0.2) is 6.54 Å². The van der Waals surface area contributed by atoms with E-state index >= 15 is 0 Å². The van der Waals surface area contributed by atoms with Crippen LogP contribution in [0, 0.1) is 23.0 Å². The molecular weight excluding hydrogens is 242 g/mol. The van der Waals surface area contributed by atoms with Gasteiger partial charge in [-0.05, 0) is 12.1 Å². The fourth-order valence-corrected chi connectivity index (χ4v) is 1.24. The second kappa shape index (κ2) is 4.19. The maximum atomic E-state index is 13.0. The molecule has 0 amide bonds. The van der Waals surface area contributed by atoms with Gasteiger partial charge in [0.25, 0.3) is 0 Å². The summed E-state index contributed by atoms with van der Waals surface area (Å²) in [6.07, 6.45) is 0. The Hall–Kier alpha value is -1.15. The van der Waals surface area contributed by atoms with Crippen molar-refractivity contribution in [3.05, 3.63) is 28.2 Å². The molecule has 1 rings (SSSR count). The minimum Gasteiger partial charge on any atom is -0.368 e. The third kappa shape index (κ3) is 2.39. The maximum Gasteiger partial charge on any atom is 0.150 e. The first kappa shape index (κ1) is 9.93. The molecule has 0 bridgehead atoms. The lowest BCUT2D eigenvalue weighted by Crippen LogP contribution is -2.03. The molecule has 0 saturated carbocycles. The van der Waals surface area contributed by atoms with Gasteiger partial charge in [-0.25, -0.2) is 8.78 Å². The Kier molecular flexibility index (Phi) is 3.20. The molecule has 1 N–H and O–H groups in total. The Morgan fingerprint density at radius 1 is 1.38 bits per heavy atom. The van der Waals surface area contributed by atoms with E-state index in [0.717, 1.165) is 12.1 Å². The van der Waals surface area contributed by atoms with Crippen molar-refractivity contribution in [1.82, 2.24) is 0 Å². The third-order valence-electron chi connectivity index (χ3n) is 1.35. The van der Waals surface area contributed by atoms with Crippen LogP contribution in [0.15, 0.2) is 16.6 Å². The number of rotatable bonds is 2. The first-order valence-electron chi connectivity index (χ1n) is 3.40. The normalized spacial score (nSPS) is 9.38. The Morgan fingerprint density at radius 3 is 2.38 bits per heavy atom. The smallest absolute Gasteiger partial charge is 0.150 e. The Morgan fingerprint density at radius 2 is 1.92 bits per heavy atom. The van der Waals surface area contributed by atoms with Crippen molar-refractivity contribution in [2.45, 2.75) is 0 Å². The van der Waals surface area contributed by atoms with Gasteiger partial charge in [-0.2, -0.15) is 5.26 Å². The standard InChI is InChI=1S/C8H5BrF2N2/c9-5-3-6(10)8(7(11)4-5)13-2-1-12/h3-4,13H,2H2. The van der Waals surface area contributed by atoms with Crippen molar-refractivity contribution in [1.29, 1.82) is 5.26 Å². The number of nitriles is 1. The predicted octanol–water partition coefficient (Wildman–Crippen LogP) is 2.66. The van der Waals surface area contributed by atoms with Gasteiger partial charge in [0.05, 0.1) is 6.07 Å². The molecule has 0 aromatic heterocycles. The molecule has 1 aromatic carbocycles. The monoisotopic (exact) mass is 246 g/mol. The zero-order chi connectivity index (χ0) is 9.84. The van der Waals surface area contributed by atoms with Crippen LogP contribution in [0.3, 0.4) is 0 Å². The van der Waals surface area contributed by atoms with Crippen molar-refractivity contribution < 1.29 is 8.78 Å². The number of hydrogen-bond acceptors (Lipinski definition) is 2. The van der Waals surface area contributed by atoms with Crippen LogP contribution in [-0.2, 0) is 0 Å². The number of benzene rings is 1. The molecule has 0 aliphatic carbocycles. The highest BCUT2D eigenvalue weighted by Crippen LogP contribution is 2.23. The summed E-state index contributed by atoms with van der Waals surface area (Å²) < 4.78 is 26.3. The first-order chi connectivity index (χ1) is 6.15. The lowest BCUT2D eigenvalue weighted by Gasteiger charge is -2.05. The van der Waals surface area contributed by atoms with Crippen molar-refractivity contribution in [2.75, 3.05) is 11.9 Å². The second-order valence-electron chi connectivity index (χ2n) is 2.26. The Bertz CT molecular complexity index is 337. The van der Waals surface area contributed by atoms with E-state index in [2.05, 4.69) is 21.2 Å². The number of nitrogens with one attached hydrogen (secondary N) is 1. The van der Waals surface area contributed by atoms with E-state index in [9.17, 15) is 8.78 Å². The molecule has 0 heterocycles. The predicted molar refractivity (Wildman–Crippen MR) is 48.2 cm³/mol. The van der Waals surface area contributed by atoms with Crippen molar-refractivity contribution in [3.63, 3.8) is 0 Å². The van der Waals surface area contributed by atoms with Gasteiger partial charge >= 0.3 is 0 Å². The largest absolute Gasteiger partial charge is 0.368 e. The van der Waals surface area contributed by atoms with Crippen LogP contribution in [0.4, 0.5) is 14.5 Å². The van der Waals surface area contributed by atoms with Gasteiger partial charge < -0.3 is 5.32 Å². The highest BCUT2D eigenvalue weighted by molar-refractivity contribution is 9.10. The second-order valence-corrected chi connectivity index (χ2v) is 3.17. The number of anilines is 1. The van der Waals surface area contributed by atoms with Gasteiger partial charge in [0, 0.05) is 4.47 Å². The molecule has 0 atom stereocenters. The minimum absolute atomic E-state index is 0.129. The fourth-order valence-electron chi connectivity index (χ4n) is 0.839. The first-order valence-corrected chi connectivity index (χ1v) is 4.20. The zero-order valence-electron chi connectivity index (χ0n) is 6.44. The number of nitrogens with zero attached hydrogens (tertiary/aromatic N) is 1. The zero-order valence-corrected chi connectivity index (χ0v) is 8.03. The molecule has 0 fully saturated rings. The average molecular weight is 247 g/mol. The molecule has 0 unspecified atom stereocenters. The lowest BCUT2D eigenvalue weighted by atomic mass is 10.3. The molecule has 0 aliphatic heterocycles. The molecule has 5 heteroatoms. The van der Waals surface area contributed by atoms with Crippen LogP contribution in [0.2, 0.25) is 0 Å². The third-order valence-corrected chi connectivity index (χ3v) is 1.81. The highest BCUT2D eigenvalue weighted by Gasteiger charge is 2.08. The summed E-state index contributed by atoms with van der Waals surface area (Å²) in [7, 11) is 0. The van der Waals surface area contributed by atoms with Gasteiger partial charge in [-0.3, -0.25) is 0 Å². The van der Waals surface area contributed by atoms with Crippen LogP contribution in [0.5, 0.6) is 0 Å². The van der Waals surface area contributed by atoms with Gasteiger partial charge in [-0.15, -0.1) is 0 Å².